The van der Waals surface area contributed by atoms with Crippen LogP contribution in [0.25, 0.3) is 0 Å². The topological polar surface area (TPSA) is 75.6 Å². The minimum absolute atomic E-state index is 0.322. The van der Waals surface area contributed by atoms with Crippen LogP contribution >= 0.6 is 0 Å². The summed E-state index contributed by atoms with van der Waals surface area (Å²) in [7, 11) is 1.26. The van der Waals surface area contributed by atoms with Crippen LogP contribution in [0, 0.1) is 0 Å². The summed E-state index contributed by atoms with van der Waals surface area (Å²) >= 11 is 0. The lowest BCUT2D eigenvalue weighted by atomic mass is 10.1. The monoisotopic (exact) mass is 291 g/mol. The van der Waals surface area contributed by atoms with Crippen molar-refractivity contribution < 1.29 is 19.4 Å². The van der Waals surface area contributed by atoms with Crippen LogP contribution in [-0.4, -0.2) is 30.1 Å². The van der Waals surface area contributed by atoms with Gasteiger partial charge < -0.3 is 15.2 Å². The SMILES string of the molecule is COC(=O)[C@@H](CC=C(C)C)NC(=O)[C@@H](O)c1ccccc1. The van der Waals surface area contributed by atoms with Crippen LogP contribution in [0.2, 0.25) is 0 Å². The van der Waals surface area contributed by atoms with Gasteiger partial charge in [-0.15, -0.1) is 0 Å². The first-order valence-electron chi connectivity index (χ1n) is 6.70. The molecule has 1 amide bonds. The summed E-state index contributed by atoms with van der Waals surface area (Å²) < 4.78 is 4.67. The van der Waals surface area contributed by atoms with Gasteiger partial charge >= 0.3 is 5.97 Å². The number of aliphatic hydroxyl groups is 1. The van der Waals surface area contributed by atoms with Crippen LogP contribution < -0.4 is 5.32 Å². The van der Waals surface area contributed by atoms with Gasteiger partial charge in [0, 0.05) is 0 Å². The van der Waals surface area contributed by atoms with Crippen molar-refractivity contribution in [2.45, 2.75) is 32.4 Å². The summed E-state index contributed by atoms with van der Waals surface area (Å²) in [6.45, 7) is 3.80. The van der Waals surface area contributed by atoms with E-state index in [0.717, 1.165) is 5.57 Å². The van der Waals surface area contributed by atoms with Gasteiger partial charge in [0.05, 0.1) is 7.11 Å². The molecule has 0 aliphatic rings. The van der Waals surface area contributed by atoms with E-state index in [1.54, 1.807) is 30.3 Å². The third kappa shape index (κ3) is 5.39. The van der Waals surface area contributed by atoms with E-state index in [1.165, 1.54) is 7.11 Å². The molecule has 0 fully saturated rings. The van der Waals surface area contributed by atoms with E-state index in [4.69, 9.17) is 0 Å². The Morgan fingerprint density at radius 1 is 1.29 bits per heavy atom. The van der Waals surface area contributed by atoms with Gasteiger partial charge in [-0.05, 0) is 25.8 Å². The molecule has 0 aliphatic carbocycles. The minimum Gasteiger partial charge on any atom is -0.467 e. The number of carbonyl (C=O) groups excluding carboxylic acids is 2. The van der Waals surface area contributed by atoms with Gasteiger partial charge in [-0.1, -0.05) is 42.0 Å². The Morgan fingerprint density at radius 3 is 2.43 bits per heavy atom. The molecule has 1 aromatic carbocycles. The molecule has 114 valence electrons. The van der Waals surface area contributed by atoms with Crippen molar-refractivity contribution in [3.8, 4) is 0 Å². The first kappa shape index (κ1) is 16.9. The predicted molar refractivity (Wildman–Crippen MR) is 79.4 cm³/mol. The molecule has 0 spiro atoms. The average Bonchev–Trinajstić information content (AvgIpc) is 2.50. The molecule has 2 N–H and O–H groups in total. The number of benzene rings is 1. The number of aliphatic hydroxyl groups excluding tert-OH is 1. The molecule has 0 radical (unpaired) electrons. The highest BCUT2D eigenvalue weighted by Crippen LogP contribution is 2.13. The highest BCUT2D eigenvalue weighted by atomic mass is 16.5. The number of carbonyl (C=O) groups is 2. The Labute approximate surface area is 124 Å². The molecule has 2 atom stereocenters. The first-order valence-corrected chi connectivity index (χ1v) is 6.70. The van der Waals surface area contributed by atoms with Crippen molar-refractivity contribution in [2.75, 3.05) is 7.11 Å². The largest absolute Gasteiger partial charge is 0.467 e. The summed E-state index contributed by atoms with van der Waals surface area (Å²) in [5.41, 5.74) is 1.50. The highest BCUT2D eigenvalue weighted by molar-refractivity contribution is 5.87. The van der Waals surface area contributed by atoms with E-state index < -0.39 is 24.0 Å². The fourth-order valence-electron chi connectivity index (χ4n) is 1.75. The fourth-order valence-corrected chi connectivity index (χ4v) is 1.75. The normalized spacial score (nSPS) is 13.0. The number of hydrogen-bond acceptors (Lipinski definition) is 4. The molecule has 5 nitrogen and oxygen atoms in total. The van der Waals surface area contributed by atoms with Crippen LogP contribution in [0.5, 0.6) is 0 Å². The van der Waals surface area contributed by atoms with Crippen molar-refractivity contribution in [3.05, 3.63) is 47.5 Å². The molecule has 0 saturated carbocycles. The van der Waals surface area contributed by atoms with E-state index in [0.29, 0.717) is 12.0 Å². The van der Waals surface area contributed by atoms with Gasteiger partial charge in [0.15, 0.2) is 6.10 Å². The fraction of sp³-hybridized carbons (Fsp3) is 0.375. The van der Waals surface area contributed by atoms with Gasteiger partial charge in [-0.3, -0.25) is 4.79 Å². The summed E-state index contributed by atoms with van der Waals surface area (Å²) in [5.74, 6) is -1.17. The van der Waals surface area contributed by atoms with Crippen LogP contribution in [0.4, 0.5) is 0 Å². The molecule has 0 aromatic heterocycles. The minimum atomic E-state index is -1.31. The van der Waals surface area contributed by atoms with E-state index in [2.05, 4.69) is 10.1 Å². The number of rotatable bonds is 6. The molecule has 0 saturated heterocycles. The lowest BCUT2D eigenvalue weighted by molar-refractivity contribution is -0.146. The van der Waals surface area contributed by atoms with Gasteiger partial charge in [-0.2, -0.15) is 0 Å². The Morgan fingerprint density at radius 2 is 1.90 bits per heavy atom. The molecule has 1 aromatic rings. The number of ether oxygens (including phenoxy) is 1. The lowest BCUT2D eigenvalue weighted by Crippen LogP contribution is -2.43. The van der Waals surface area contributed by atoms with Crippen molar-refractivity contribution in [1.29, 1.82) is 0 Å². The average molecular weight is 291 g/mol. The summed E-state index contributed by atoms with van der Waals surface area (Å²) in [5, 5.41) is 12.5. The van der Waals surface area contributed by atoms with Crippen molar-refractivity contribution >= 4 is 11.9 Å². The molecule has 5 heteroatoms. The molecule has 0 bridgehead atoms. The number of esters is 1. The summed E-state index contributed by atoms with van der Waals surface area (Å²) in [6.07, 6.45) is 0.837. The van der Waals surface area contributed by atoms with Crippen LogP contribution in [0.3, 0.4) is 0 Å². The van der Waals surface area contributed by atoms with Gasteiger partial charge in [0.1, 0.15) is 6.04 Å². The molecule has 0 aliphatic heterocycles. The molecule has 1 rings (SSSR count). The molecular weight excluding hydrogens is 270 g/mol. The Balaban J connectivity index is 2.76. The second kappa shape index (κ2) is 8.21. The van der Waals surface area contributed by atoms with Crippen molar-refractivity contribution in [2.24, 2.45) is 0 Å². The maximum absolute atomic E-state index is 12.0. The quantitative estimate of drug-likeness (QED) is 0.618. The van der Waals surface area contributed by atoms with Crippen LogP contribution in [-0.2, 0) is 14.3 Å². The number of allylic oxidation sites excluding steroid dienone is 1. The zero-order chi connectivity index (χ0) is 15.8. The number of methoxy groups -OCH3 is 1. The number of nitrogens with one attached hydrogen (secondary N) is 1. The maximum Gasteiger partial charge on any atom is 0.328 e. The smallest absolute Gasteiger partial charge is 0.328 e. The van der Waals surface area contributed by atoms with Crippen molar-refractivity contribution in [1.82, 2.24) is 5.32 Å². The second-order valence-electron chi connectivity index (χ2n) is 4.91. The van der Waals surface area contributed by atoms with Crippen molar-refractivity contribution in [3.63, 3.8) is 0 Å². The zero-order valence-electron chi connectivity index (χ0n) is 12.5. The predicted octanol–water partition coefficient (Wildman–Crippen LogP) is 1.73. The van der Waals surface area contributed by atoms with Crippen LogP contribution in [0.15, 0.2) is 42.0 Å². The maximum atomic E-state index is 12.0. The van der Waals surface area contributed by atoms with E-state index >= 15 is 0 Å². The molecule has 0 unspecified atom stereocenters. The second-order valence-corrected chi connectivity index (χ2v) is 4.91. The highest BCUT2D eigenvalue weighted by Gasteiger charge is 2.24. The molecular formula is C16H21NO4. The summed E-state index contributed by atoms with van der Waals surface area (Å²) in [4.78, 5) is 23.7. The summed E-state index contributed by atoms with van der Waals surface area (Å²) in [6, 6.07) is 7.73. The third-order valence-electron chi connectivity index (χ3n) is 2.93. The van der Waals surface area contributed by atoms with Gasteiger partial charge in [0.2, 0.25) is 0 Å². The lowest BCUT2D eigenvalue weighted by Gasteiger charge is -2.18. The van der Waals surface area contributed by atoms with Gasteiger partial charge in [0.25, 0.3) is 5.91 Å². The standard InChI is InChI=1S/C16H21NO4/c1-11(2)9-10-13(16(20)21-3)17-15(19)14(18)12-7-5-4-6-8-12/h4-9,13-14,18H,10H2,1-3H3,(H,17,19)/t13-,14+/m1/s1. The third-order valence-corrected chi connectivity index (χ3v) is 2.93. The van der Waals surface area contributed by atoms with E-state index in [1.807, 2.05) is 19.9 Å². The van der Waals surface area contributed by atoms with Gasteiger partial charge in [-0.25, -0.2) is 4.79 Å². The molecule has 21 heavy (non-hydrogen) atoms. The number of hydrogen-bond donors (Lipinski definition) is 2. The van der Waals surface area contributed by atoms with E-state index in [-0.39, 0.29) is 0 Å². The Hall–Kier alpha value is -2.14. The van der Waals surface area contributed by atoms with E-state index in [9.17, 15) is 14.7 Å². The first-order chi connectivity index (χ1) is 9.95. The molecule has 0 heterocycles. The number of amides is 1. The van der Waals surface area contributed by atoms with Crippen LogP contribution in [0.1, 0.15) is 31.9 Å². The Bertz CT molecular complexity index is 506. The zero-order valence-corrected chi connectivity index (χ0v) is 12.5. The Kier molecular flexibility index (Phi) is 6.62.